The molecule has 2 aromatic carbocycles. The summed E-state index contributed by atoms with van der Waals surface area (Å²) in [4.78, 5) is 0. The average Bonchev–Trinajstić information content (AvgIpc) is 3.25. The van der Waals surface area contributed by atoms with E-state index in [1.807, 2.05) is 48.5 Å². The fourth-order valence-electron chi connectivity index (χ4n) is 1.98. The summed E-state index contributed by atoms with van der Waals surface area (Å²) in [6, 6.07) is 15.5. The first kappa shape index (κ1) is 16.9. The van der Waals surface area contributed by atoms with Crippen LogP contribution in [0, 0.1) is 0 Å². The minimum atomic E-state index is 0.733. The number of benzene rings is 2. The van der Waals surface area contributed by atoms with Crippen LogP contribution in [0.15, 0.2) is 65.8 Å². The second-order valence-electron chi connectivity index (χ2n) is 4.77. The summed E-state index contributed by atoms with van der Waals surface area (Å²) in [7, 11) is 0. The predicted molar refractivity (Wildman–Crippen MR) is 113 cm³/mol. The first-order chi connectivity index (χ1) is 11.7. The molecule has 0 aliphatic carbocycles. The van der Waals surface area contributed by atoms with Crippen LogP contribution in [-0.4, -0.2) is 10.1 Å². The lowest BCUT2D eigenvalue weighted by Gasteiger charge is -2.01. The van der Waals surface area contributed by atoms with E-state index in [2.05, 4.69) is 8.80 Å². The Hall–Kier alpha value is -0.500. The molecule has 4 rings (SSSR count). The van der Waals surface area contributed by atoms with E-state index in [1.165, 1.54) is 32.4 Å². The van der Waals surface area contributed by atoms with Crippen LogP contribution < -0.4 is 0 Å². The molecule has 8 heteroatoms. The molecule has 0 radical (unpaired) electrons. The Morgan fingerprint density at radius 1 is 0.583 bits per heavy atom. The van der Waals surface area contributed by atoms with E-state index in [1.54, 1.807) is 23.5 Å². The lowest BCUT2D eigenvalue weighted by Crippen LogP contribution is -1.91. The van der Waals surface area contributed by atoms with Crippen molar-refractivity contribution in [1.82, 2.24) is 0 Å². The van der Waals surface area contributed by atoms with Crippen molar-refractivity contribution in [3.05, 3.63) is 78.2 Å². The van der Waals surface area contributed by atoms with Crippen LogP contribution in [0.3, 0.4) is 0 Å². The van der Waals surface area contributed by atoms with E-state index in [0.717, 1.165) is 31.3 Å². The molecule has 0 unspecified atom stereocenters. The molecule has 2 nitrogen and oxygen atoms in total. The molecular weight excluding hydrogens is 419 g/mol. The highest BCUT2D eigenvalue weighted by atomic mass is 35.5. The number of hydrogen-bond acceptors (Lipinski definition) is 6. The molecule has 0 bridgehead atoms. The lowest BCUT2D eigenvalue weighted by molar-refractivity contribution is 1.66. The molecule has 0 saturated heterocycles. The van der Waals surface area contributed by atoms with Gasteiger partial charge in [0.15, 0.2) is 0 Å². The first-order valence-electron chi connectivity index (χ1n) is 6.81. The number of thioether (sulfide) groups is 2. The van der Waals surface area contributed by atoms with Crippen molar-refractivity contribution in [3.63, 3.8) is 0 Å². The number of rotatable bonds is 2. The zero-order chi connectivity index (χ0) is 16.5. The normalized spacial score (nSPS) is 20.2. The molecule has 0 aromatic heterocycles. The van der Waals surface area contributed by atoms with Crippen LogP contribution in [0.4, 0.5) is 0 Å². The Morgan fingerprint density at radius 2 is 0.958 bits per heavy atom. The molecule has 24 heavy (non-hydrogen) atoms. The average molecular weight is 427 g/mol. The van der Waals surface area contributed by atoms with Crippen LogP contribution in [0.1, 0.15) is 11.1 Å². The van der Waals surface area contributed by atoms with Gasteiger partial charge in [-0.3, -0.25) is 0 Å². The summed E-state index contributed by atoms with van der Waals surface area (Å²) < 4.78 is 11.5. The van der Waals surface area contributed by atoms with Gasteiger partial charge in [-0.1, -0.05) is 71.0 Å². The molecule has 2 heterocycles. The van der Waals surface area contributed by atoms with Crippen molar-refractivity contribution in [2.75, 3.05) is 0 Å². The quantitative estimate of drug-likeness (QED) is 0.477. The molecule has 0 spiro atoms. The molecular formula is C16H8Cl2N2S4. The maximum Gasteiger partial charge on any atom is 0.117 e. The number of hydrogen-bond donors (Lipinski definition) is 0. The van der Waals surface area contributed by atoms with E-state index in [9.17, 15) is 0 Å². The lowest BCUT2D eigenvalue weighted by atomic mass is 10.2. The third kappa shape index (κ3) is 3.69. The molecule has 2 aliphatic heterocycles. The summed E-state index contributed by atoms with van der Waals surface area (Å²) in [5.74, 6) is 0. The minimum absolute atomic E-state index is 0.733. The maximum atomic E-state index is 5.94. The van der Waals surface area contributed by atoms with Crippen molar-refractivity contribution >= 4 is 80.7 Å². The van der Waals surface area contributed by atoms with Gasteiger partial charge in [0, 0.05) is 45.1 Å². The van der Waals surface area contributed by atoms with E-state index in [4.69, 9.17) is 23.2 Å². The number of nitrogens with zero attached hydrogens (tertiary/aromatic N) is 2. The summed E-state index contributed by atoms with van der Waals surface area (Å²) in [5, 5.41) is 3.47. The Bertz CT molecular complexity index is 800. The van der Waals surface area contributed by atoms with Crippen LogP contribution in [0.2, 0.25) is 10.0 Å². The van der Waals surface area contributed by atoms with Gasteiger partial charge in [0.05, 0.1) is 8.47 Å². The van der Waals surface area contributed by atoms with Crippen molar-refractivity contribution in [1.29, 1.82) is 0 Å². The van der Waals surface area contributed by atoms with E-state index < -0.39 is 0 Å². The summed E-state index contributed by atoms with van der Waals surface area (Å²) >= 11 is 18.3. The Labute approximate surface area is 166 Å². The molecule has 2 aromatic rings. The smallest absolute Gasteiger partial charge is 0.117 e. The van der Waals surface area contributed by atoms with Gasteiger partial charge in [0.2, 0.25) is 0 Å². The van der Waals surface area contributed by atoms with E-state index >= 15 is 0 Å². The van der Waals surface area contributed by atoms with Crippen molar-refractivity contribution in [3.8, 4) is 0 Å². The summed E-state index contributed by atoms with van der Waals surface area (Å²) in [5.41, 5.74) is 2.17. The van der Waals surface area contributed by atoms with Gasteiger partial charge < -0.3 is 0 Å². The van der Waals surface area contributed by atoms with Gasteiger partial charge in [-0.05, 0) is 24.3 Å². The highest BCUT2D eigenvalue weighted by Crippen LogP contribution is 2.52. The SMILES string of the molecule is Clc1ccc(C2=NS/C(=C3\SN=C(c4ccc(Cl)cc4)S3)S2)cc1. The minimum Gasteiger partial charge on any atom is -0.203 e. The third-order valence-corrected chi connectivity index (χ3v) is 8.46. The second-order valence-corrected chi connectivity index (χ2v) is 9.70. The van der Waals surface area contributed by atoms with Gasteiger partial charge in [0.1, 0.15) is 10.1 Å². The zero-order valence-electron chi connectivity index (χ0n) is 11.9. The highest BCUT2D eigenvalue weighted by molar-refractivity contribution is 8.38. The Balaban J connectivity index is 1.48. The molecule has 0 amide bonds. The fourth-order valence-corrected chi connectivity index (χ4v) is 6.42. The van der Waals surface area contributed by atoms with Gasteiger partial charge >= 0.3 is 0 Å². The van der Waals surface area contributed by atoms with Crippen molar-refractivity contribution < 1.29 is 0 Å². The third-order valence-electron chi connectivity index (χ3n) is 3.15. The molecule has 0 atom stereocenters. The first-order valence-corrected chi connectivity index (χ1v) is 10.7. The van der Waals surface area contributed by atoms with Gasteiger partial charge in [0.25, 0.3) is 0 Å². The van der Waals surface area contributed by atoms with Gasteiger partial charge in [-0.25, -0.2) is 8.80 Å². The zero-order valence-corrected chi connectivity index (χ0v) is 16.7. The monoisotopic (exact) mass is 426 g/mol. The largest absolute Gasteiger partial charge is 0.203 e. The second kappa shape index (κ2) is 7.40. The predicted octanol–water partition coefficient (Wildman–Crippen LogP) is 7.10. The van der Waals surface area contributed by atoms with Crippen molar-refractivity contribution in [2.45, 2.75) is 0 Å². The van der Waals surface area contributed by atoms with Crippen molar-refractivity contribution in [2.24, 2.45) is 8.80 Å². The Kier molecular flexibility index (Phi) is 5.22. The topological polar surface area (TPSA) is 24.7 Å². The molecule has 0 saturated carbocycles. The Morgan fingerprint density at radius 3 is 1.33 bits per heavy atom. The fraction of sp³-hybridized carbons (Fsp3) is 0. The molecule has 120 valence electrons. The summed E-state index contributed by atoms with van der Waals surface area (Å²) in [6.45, 7) is 0. The standard InChI is InChI=1S/C16H8Cl2N2S4/c17-11-5-1-9(2-6-11)13-19-23-15(21-13)16-22-14(20-24-16)10-3-7-12(18)8-4-10/h1-8H/b16-15-. The van der Waals surface area contributed by atoms with E-state index in [-0.39, 0.29) is 0 Å². The van der Waals surface area contributed by atoms with Crippen LogP contribution in [0.5, 0.6) is 0 Å². The van der Waals surface area contributed by atoms with Crippen LogP contribution in [-0.2, 0) is 0 Å². The van der Waals surface area contributed by atoms with Gasteiger partial charge in [-0.15, -0.1) is 0 Å². The van der Waals surface area contributed by atoms with Crippen LogP contribution in [0.25, 0.3) is 0 Å². The van der Waals surface area contributed by atoms with E-state index in [0.29, 0.717) is 0 Å². The summed E-state index contributed by atoms with van der Waals surface area (Å²) in [6.07, 6.45) is 0. The highest BCUT2D eigenvalue weighted by Gasteiger charge is 2.25. The molecule has 0 N–H and O–H groups in total. The maximum absolute atomic E-state index is 5.94. The van der Waals surface area contributed by atoms with Gasteiger partial charge in [-0.2, -0.15) is 0 Å². The van der Waals surface area contributed by atoms with Crippen LogP contribution >= 0.6 is 70.6 Å². The molecule has 2 aliphatic rings. The molecule has 0 fully saturated rings. The number of halogens is 2.